The third-order valence-corrected chi connectivity index (χ3v) is 4.61. The minimum absolute atomic E-state index is 0.101. The molecule has 2 N–H and O–H groups in total. The summed E-state index contributed by atoms with van der Waals surface area (Å²) in [6, 6.07) is -0.606. The van der Waals surface area contributed by atoms with Gasteiger partial charge in [0.05, 0.1) is 7.11 Å². The van der Waals surface area contributed by atoms with Crippen LogP contribution in [-0.2, 0) is 19.1 Å². The van der Waals surface area contributed by atoms with Crippen molar-refractivity contribution < 1.29 is 19.1 Å². The largest absolute Gasteiger partial charge is 0.467 e. The van der Waals surface area contributed by atoms with Crippen LogP contribution < -0.4 is 10.6 Å². The average molecular weight is 385 g/mol. The second kappa shape index (κ2) is 17.8. The molecule has 0 saturated heterocycles. The van der Waals surface area contributed by atoms with E-state index in [1.54, 1.807) is 0 Å². The lowest BCUT2D eigenvalue weighted by molar-refractivity contribution is -0.145. The van der Waals surface area contributed by atoms with Gasteiger partial charge in [-0.15, -0.1) is 0 Å². The van der Waals surface area contributed by atoms with Gasteiger partial charge in [0, 0.05) is 19.9 Å². The molecule has 0 spiro atoms. The lowest BCUT2D eigenvalue weighted by atomic mass is 10.1. The van der Waals surface area contributed by atoms with Gasteiger partial charge in [0.15, 0.2) is 0 Å². The quantitative estimate of drug-likeness (QED) is 0.294. The highest BCUT2D eigenvalue weighted by molar-refractivity contribution is 5.83. The van der Waals surface area contributed by atoms with Gasteiger partial charge < -0.3 is 15.4 Å². The summed E-state index contributed by atoms with van der Waals surface area (Å²) in [5.74, 6) is -0.580. The summed E-state index contributed by atoms with van der Waals surface area (Å²) in [6.07, 6.45) is 13.8. The molecule has 1 atom stereocenters. The Morgan fingerprint density at radius 3 is 2.00 bits per heavy atom. The highest BCUT2D eigenvalue weighted by Crippen LogP contribution is 2.10. The van der Waals surface area contributed by atoms with Crippen molar-refractivity contribution in [2.75, 3.05) is 13.7 Å². The summed E-state index contributed by atoms with van der Waals surface area (Å²) in [5.41, 5.74) is 0. The molecule has 0 bridgehead atoms. The summed E-state index contributed by atoms with van der Waals surface area (Å²) >= 11 is 0. The molecule has 0 radical (unpaired) electrons. The van der Waals surface area contributed by atoms with Crippen LogP contribution in [0.2, 0.25) is 0 Å². The molecule has 2 amide bonds. The van der Waals surface area contributed by atoms with Gasteiger partial charge in [0.1, 0.15) is 6.04 Å². The number of hydrogen-bond donors (Lipinski definition) is 2. The molecule has 0 heterocycles. The third-order valence-electron chi connectivity index (χ3n) is 4.61. The van der Waals surface area contributed by atoms with E-state index in [-0.39, 0.29) is 11.8 Å². The molecule has 6 heteroatoms. The third kappa shape index (κ3) is 16.3. The van der Waals surface area contributed by atoms with E-state index in [0.717, 1.165) is 25.7 Å². The Morgan fingerprint density at radius 2 is 1.44 bits per heavy atom. The number of unbranched alkanes of at least 4 members (excludes halogenated alkanes) is 9. The van der Waals surface area contributed by atoms with E-state index < -0.39 is 12.0 Å². The van der Waals surface area contributed by atoms with E-state index in [9.17, 15) is 14.4 Å². The molecule has 158 valence electrons. The number of ether oxygens (including phenoxy) is 1. The van der Waals surface area contributed by atoms with Crippen molar-refractivity contribution in [2.24, 2.45) is 0 Å². The maximum absolute atomic E-state index is 11.8. The Balaban J connectivity index is 3.57. The first-order chi connectivity index (χ1) is 13.0. The molecule has 0 saturated carbocycles. The molecular formula is C21H40N2O4. The van der Waals surface area contributed by atoms with Crippen molar-refractivity contribution in [1.29, 1.82) is 0 Å². The monoisotopic (exact) mass is 384 g/mol. The minimum atomic E-state index is -0.606. The Kier molecular flexibility index (Phi) is 16.8. The fourth-order valence-corrected chi connectivity index (χ4v) is 3.02. The highest BCUT2D eigenvalue weighted by Gasteiger charge is 2.19. The van der Waals surface area contributed by atoms with Crippen LogP contribution in [0.25, 0.3) is 0 Å². The predicted molar refractivity (Wildman–Crippen MR) is 108 cm³/mol. The van der Waals surface area contributed by atoms with Crippen LogP contribution in [0.4, 0.5) is 0 Å². The van der Waals surface area contributed by atoms with E-state index in [0.29, 0.717) is 19.4 Å². The van der Waals surface area contributed by atoms with Crippen LogP contribution in [0.1, 0.15) is 97.3 Å². The van der Waals surface area contributed by atoms with Crippen molar-refractivity contribution >= 4 is 17.8 Å². The first-order valence-electron chi connectivity index (χ1n) is 10.6. The molecule has 0 aliphatic carbocycles. The van der Waals surface area contributed by atoms with Gasteiger partial charge in [-0.3, -0.25) is 9.59 Å². The minimum Gasteiger partial charge on any atom is -0.467 e. The second-order valence-electron chi connectivity index (χ2n) is 7.20. The van der Waals surface area contributed by atoms with Crippen LogP contribution in [0.3, 0.4) is 0 Å². The van der Waals surface area contributed by atoms with Crippen LogP contribution in [0, 0.1) is 0 Å². The van der Waals surface area contributed by atoms with Crippen LogP contribution in [0.5, 0.6) is 0 Å². The van der Waals surface area contributed by atoms with E-state index in [2.05, 4.69) is 22.3 Å². The van der Waals surface area contributed by atoms with Crippen LogP contribution in [-0.4, -0.2) is 37.5 Å². The van der Waals surface area contributed by atoms with Crippen molar-refractivity contribution in [2.45, 2.75) is 103 Å². The maximum Gasteiger partial charge on any atom is 0.328 e. The summed E-state index contributed by atoms with van der Waals surface area (Å²) in [5, 5.41) is 5.51. The molecule has 6 nitrogen and oxygen atoms in total. The zero-order valence-electron chi connectivity index (χ0n) is 17.6. The smallest absolute Gasteiger partial charge is 0.328 e. The van der Waals surface area contributed by atoms with Crippen molar-refractivity contribution in [3.8, 4) is 0 Å². The van der Waals surface area contributed by atoms with Gasteiger partial charge in [-0.25, -0.2) is 4.79 Å². The predicted octanol–water partition coefficient (Wildman–Crippen LogP) is 3.87. The topological polar surface area (TPSA) is 84.5 Å². The molecule has 0 aliphatic heterocycles. The Hall–Kier alpha value is -1.59. The SMILES string of the molecule is CCCCCCCCCCCC(=O)NCCCC[C@H](NC(C)=O)C(=O)OC. The first kappa shape index (κ1) is 25.4. The van der Waals surface area contributed by atoms with E-state index in [4.69, 9.17) is 0 Å². The van der Waals surface area contributed by atoms with E-state index in [1.165, 1.54) is 59.0 Å². The molecule has 0 unspecified atom stereocenters. The summed E-state index contributed by atoms with van der Waals surface area (Å²) < 4.78 is 4.68. The lowest BCUT2D eigenvalue weighted by Crippen LogP contribution is -2.40. The lowest BCUT2D eigenvalue weighted by Gasteiger charge is -2.15. The molecule has 0 fully saturated rings. The average Bonchev–Trinajstić information content (AvgIpc) is 2.64. The molecule has 0 aromatic rings. The van der Waals surface area contributed by atoms with Crippen molar-refractivity contribution in [3.05, 3.63) is 0 Å². The summed E-state index contributed by atoms with van der Waals surface area (Å²) in [4.78, 5) is 34.5. The normalized spacial score (nSPS) is 11.7. The van der Waals surface area contributed by atoms with E-state index >= 15 is 0 Å². The molecule has 0 rings (SSSR count). The van der Waals surface area contributed by atoms with Crippen LogP contribution in [0.15, 0.2) is 0 Å². The van der Waals surface area contributed by atoms with Crippen LogP contribution >= 0.6 is 0 Å². The van der Waals surface area contributed by atoms with Gasteiger partial charge in [-0.05, 0) is 25.7 Å². The molecule has 0 aromatic carbocycles. The fraction of sp³-hybridized carbons (Fsp3) is 0.857. The Morgan fingerprint density at radius 1 is 0.852 bits per heavy atom. The Labute approximate surface area is 165 Å². The number of amides is 2. The first-order valence-corrected chi connectivity index (χ1v) is 10.6. The fourth-order valence-electron chi connectivity index (χ4n) is 3.02. The summed E-state index contributed by atoms with van der Waals surface area (Å²) in [7, 11) is 1.31. The molecule has 0 aromatic heterocycles. The second-order valence-corrected chi connectivity index (χ2v) is 7.20. The van der Waals surface area contributed by atoms with E-state index in [1.807, 2.05) is 0 Å². The Bertz CT molecular complexity index is 413. The zero-order valence-corrected chi connectivity index (χ0v) is 17.6. The molecule has 0 aliphatic rings. The van der Waals surface area contributed by atoms with Crippen molar-refractivity contribution in [1.82, 2.24) is 10.6 Å². The van der Waals surface area contributed by atoms with Gasteiger partial charge >= 0.3 is 5.97 Å². The van der Waals surface area contributed by atoms with Crippen molar-refractivity contribution in [3.63, 3.8) is 0 Å². The molecular weight excluding hydrogens is 344 g/mol. The number of rotatable bonds is 17. The highest BCUT2D eigenvalue weighted by atomic mass is 16.5. The number of carbonyl (C=O) groups excluding carboxylic acids is 3. The summed E-state index contributed by atoms with van der Waals surface area (Å²) in [6.45, 7) is 4.21. The standard InChI is InChI=1S/C21H40N2O4/c1-4-5-6-7-8-9-10-11-12-16-20(25)22-17-14-13-15-19(21(26)27-3)23-18(2)24/h19H,4-17H2,1-3H3,(H,22,25)(H,23,24)/t19-/m0/s1. The van der Waals surface area contributed by atoms with Gasteiger partial charge in [-0.1, -0.05) is 58.3 Å². The molecule has 27 heavy (non-hydrogen) atoms. The number of methoxy groups -OCH3 is 1. The maximum atomic E-state index is 11.8. The van der Waals surface area contributed by atoms with Gasteiger partial charge in [0.25, 0.3) is 0 Å². The number of hydrogen-bond acceptors (Lipinski definition) is 4. The number of esters is 1. The van der Waals surface area contributed by atoms with Gasteiger partial charge in [-0.2, -0.15) is 0 Å². The zero-order chi connectivity index (χ0) is 20.3. The number of nitrogens with one attached hydrogen (secondary N) is 2. The van der Waals surface area contributed by atoms with Gasteiger partial charge in [0.2, 0.25) is 11.8 Å². The number of carbonyl (C=O) groups is 3.